The van der Waals surface area contributed by atoms with Crippen LogP contribution in [0.2, 0.25) is 0 Å². The molecule has 2 aromatic heterocycles. The van der Waals surface area contributed by atoms with Gasteiger partial charge in [-0.2, -0.15) is 32.0 Å². The molecule has 9 nitrogen and oxygen atoms in total. The molecule has 3 heterocycles. The molecule has 2 N–H and O–H groups in total. The third kappa shape index (κ3) is 3.60. The number of rotatable bonds is 6. The number of ether oxygens (including phenoxy) is 2. The van der Waals surface area contributed by atoms with Crippen LogP contribution in [-0.2, 0) is 14.9 Å². The third-order valence-corrected chi connectivity index (χ3v) is 7.01. The molecule has 0 radical (unpaired) electrons. The van der Waals surface area contributed by atoms with Gasteiger partial charge in [-0.3, -0.25) is 0 Å². The lowest BCUT2D eigenvalue weighted by molar-refractivity contribution is -0.167. The highest BCUT2D eigenvalue weighted by Crippen LogP contribution is 2.90. The minimum absolute atomic E-state index is 0.00579. The maximum absolute atomic E-state index is 13.7. The summed E-state index contributed by atoms with van der Waals surface area (Å²) in [6, 6.07) is 0. The molecule has 2 atom stereocenters. The Morgan fingerprint density at radius 1 is 1.31 bits per heavy atom. The summed E-state index contributed by atoms with van der Waals surface area (Å²) in [5.74, 6) is -1.10. The van der Waals surface area contributed by atoms with Gasteiger partial charge in [0, 0.05) is 23.7 Å². The molecule has 190 valence electrons. The van der Waals surface area contributed by atoms with Crippen LogP contribution in [0.25, 0.3) is 0 Å². The highest BCUT2D eigenvalue weighted by atomic mass is 19.4. The molecule has 1 saturated heterocycles. The number of carbonyl (C=O) groups excluding carboxylic acids is 1. The van der Waals surface area contributed by atoms with Gasteiger partial charge in [0.05, 0.1) is 36.6 Å². The number of hydrogen-bond acceptors (Lipinski definition) is 8. The van der Waals surface area contributed by atoms with Gasteiger partial charge in [0.15, 0.2) is 0 Å². The minimum atomic E-state index is -4.44. The number of nitrogen functional groups attached to an aromatic ring is 1. The fourth-order valence-electron chi connectivity index (χ4n) is 5.04. The fraction of sp³-hybridized carbons (Fsp3) is 0.619. The topological polar surface area (TPSA) is 108 Å². The predicted molar refractivity (Wildman–Crippen MR) is 111 cm³/mol. The highest BCUT2D eigenvalue weighted by Gasteiger charge is 2.95. The molecule has 14 heteroatoms. The lowest BCUT2D eigenvalue weighted by Crippen LogP contribution is -2.44. The van der Waals surface area contributed by atoms with E-state index < -0.39 is 41.7 Å². The van der Waals surface area contributed by atoms with Crippen molar-refractivity contribution in [1.82, 2.24) is 19.7 Å². The summed E-state index contributed by atoms with van der Waals surface area (Å²) in [7, 11) is 0. The van der Waals surface area contributed by atoms with E-state index in [0.29, 0.717) is 10.2 Å². The Morgan fingerprint density at radius 2 is 2.03 bits per heavy atom. The van der Waals surface area contributed by atoms with Crippen molar-refractivity contribution in [2.24, 2.45) is 5.41 Å². The Morgan fingerprint density at radius 3 is 2.60 bits per heavy atom. The van der Waals surface area contributed by atoms with Gasteiger partial charge in [0.1, 0.15) is 17.5 Å². The normalized spacial score (nSPS) is 29.8. The van der Waals surface area contributed by atoms with Crippen LogP contribution in [-0.4, -0.2) is 57.7 Å². The van der Waals surface area contributed by atoms with Crippen molar-refractivity contribution in [1.29, 1.82) is 0 Å². The monoisotopic (exact) mass is 502 g/mol. The molecule has 2 saturated carbocycles. The summed E-state index contributed by atoms with van der Waals surface area (Å²) in [5, 5.41) is 3.63. The fourth-order valence-corrected chi connectivity index (χ4v) is 5.04. The van der Waals surface area contributed by atoms with Crippen molar-refractivity contribution in [3.8, 4) is 0 Å². The second kappa shape index (κ2) is 7.73. The first-order valence-corrected chi connectivity index (χ1v) is 11.1. The molecule has 1 aliphatic heterocycles. The first-order chi connectivity index (χ1) is 16.4. The number of fused-ring (bicyclic) bond motifs is 1. The number of morpholine rings is 1. The molecule has 0 aromatic carbocycles. The van der Waals surface area contributed by atoms with Crippen molar-refractivity contribution in [3.05, 3.63) is 29.2 Å². The molecule has 3 fully saturated rings. The van der Waals surface area contributed by atoms with Crippen LogP contribution >= 0.6 is 0 Å². The lowest BCUT2D eigenvalue weighted by Gasteiger charge is -2.36. The average Bonchev–Trinajstić information content (AvgIpc) is 3.53. The van der Waals surface area contributed by atoms with Gasteiger partial charge >= 0.3 is 18.7 Å². The summed E-state index contributed by atoms with van der Waals surface area (Å²) in [6.07, 6.45) is -3.43. The van der Waals surface area contributed by atoms with Crippen LogP contribution in [0, 0.1) is 5.41 Å². The van der Waals surface area contributed by atoms with Gasteiger partial charge in [-0.15, -0.1) is 0 Å². The smallest absolute Gasteiger partial charge is 0.395 e. The number of anilines is 2. The molecule has 0 bridgehead atoms. The Hall–Kier alpha value is -3.03. The van der Waals surface area contributed by atoms with Gasteiger partial charge in [-0.05, 0) is 26.7 Å². The van der Waals surface area contributed by atoms with E-state index in [0.717, 1.165) is 0 Å². The Labute approximate surface area is 196 Å². The molecule has 0 amide bonds. The summed E-state index contributed by atoms with van der Waals surface area (Å²) in [5.41, 5.74) is 2.95. The number of esters is 1. The van der Waals surface area contributed by atoms with Crippen molar-refractivity contribution in [2.45, 2.75) is 57.0 Å². The molecule has 2 aliphatic carbocycles. The second-order valence-electron chi connectivity index (χ2n) is 9.24. The van der Waals surface area contributed by atoms with E-state index in [2.05, 4.69) is 15.1 Å². The van der Waals surface area contributed by atoms with Crippen LogP contribution < -0.4 is 10.6 Å². The number of halogens is 5. The number of nitrogens with two attached hydrogens (primary N) is 1. The molecule has 35 heavy (non-hydrogen) atoms. The third-order valence-electron chi connectivity index (χ3n) is 7.01. The van der Waals surface area contributed by atoms with E-state index in [1.165, 1.54) is 12.4 Å². The van der Waals surface area contributed by atoms with Gasteiger partial charge < -0.3 is 20.1 Å². The second-order valence-corrected chi connectivity index (χ2v) is 9.24. The molecule has 5 rings (SSSR count). The number of alkyl halides is 5. The van der Waals surface area contributed by atoms with Gasteiger partial charge in [0.2, 0.25) is 5.95 Å². The van der Waals surface area contributed by atoms with Crippen LogP contribution in [0.1, 0.15) is 61.0 Å². The van der Waals surface area contributed by atoms with Gasteiger partial charge in [0.25, 0.3) is 0 Å². The zero-order valence-electron chi connectivity index (χ0n) is 18.9. The van der Waals surface area contributed by atoms with E-state index >= 15 is 0 Å². The maximum Gasteiger partial charge on any atom is 0.395 e. The first kappa shape index (κ1) is 23.7. The van der Waals surface area contributed by atoms with Crippen molar-refractivity contribution >= 4 is 17.7 Å². The van der Waals surface area contributed by atoms with E-state index in [9.17, 15) is 26.7 Å². The summed E-state index contributed by atoms with van der Waals surface area (Å²) in [4.78, 5) is 22.9. The van der Waals surface area contributed by atoms with Crippen LogP contribution in [0.15, 0.2) is 12.4 Å². The molecule has 0 unspecified atom stereocenters. The van der Waals surface area contributed by atoms with Gasteiger partial charge in [-0.25, -0.2) is 14.5 Å². The summed E-state index contributed by atoms with van der Waals surface area (Å²) >= 11 is 0. The quantitative estimate of drug-likeness (QED) is 0.473. The minimum Gasteiger partial charge on any atom is -0.462 e. The van der Waals surface area contributed by atoms with Crippen molar-refractivity contribution in [3.63, 3.8) is 0 Å². The number of hydrogen-bond donors (Lipinski definition) is 1. The number of carbonyl (C=O) groups is 1. The highest BCUT2D eigenvalue weighted by molar-refractivity contribution is 5.96. The Balaban J connectivity index is 1.50. The maximum atomic E-state index is 13.7. The average molecular weight is 502 g/mol. The van der Waals surface area contributed by atoms with Crippen LogP contribution in [0.5, 0.6) is 0 Å². The van der Waals surface area contributed by atoms with Crippen molar-refractivity contribution < 1.29 is 36.2 Å². The first-order valence-electron chi connectivity index (χ1n) is 11.1. The largest absolute Gasteiger partial charge is 0.462 e. The predicted octanol–water partition coefficient (Wildman–Crippen LogP) is 3.39. The molecule has 2 aromatic rings. The molecule has 0 spiro atoms. The van der Waals surface area contributed by atoms with Crippen molar-refractivity contribution in [2.75, 3.05) is 30.3 Å². The number of nitrogens with zero attached hydrogens (tertiary/aromatic N) is 5. The van der Waals surface area contributed by atoms with Gasteiger partial charge in [-0.1, -0.05) is 0 Å². The molecular formula is C21H23F5N6O3. The van der Waals surface area contributed by atoms with E-state index in [4.69, 9.17) is 15.2 Å². The standard InChI is InChI=1S/C21H23F5N6O3/c1-3-34-16(33)13-14(19-8-20(19,9-19)21(24,25)26)29-18(30-15(13)27)31-5-10(2)35-12(7-31)11-4-28-32(6-11)17(22)23/h4,6,10,12,17H,3,5,7-9H2,1-2H3,(H2,27,29,30)/t10-,12-,19?,20?/m1/s1. The summed E-state index contributed by atoms with van der Waals surface area (Å²) < 4.78 is 78.4. The molecular weight excluding hydrogens is 479 g/mol. The van der Waals surface area contributed by atoms with Crippen LogP contribution in [0.4, 0.5) is 33.7 Å². The number of aromatic nitrogens is 4. The zero-order chi connectivity index (χ0) is 25.3. The zero-order valence-corrected chi connectivity index (χ0v) is 18.9. The van der Waals surface area contributed by atoms with E-state index in [1.54, 1.807) is 18.7 Å². The SMILES string of the molecule is CCOC(=O)c1c(N)nc(N2C[C@@H](C)O[C@@H](c3cnn(C(F)F)c3)C2)nc1C12CC1(C(F)(F)F)C2. The lowest BCUT2D eigenvalue weighted by atomic mass is 10.0. The summed E-state index contributed by atoms with van der Waals surface area (Å²) in [6.45, 7) is 0.908. The van der Waals surface area contributed by atoms with E-state index in [1.807, 2.05) is 0 Å². The van der Waals surface area contributed by atoms with E-state index in [-0.39, 0.29) is 55.6 Å². The Bertz CT molecular complexity index is 1160. The Kier molecular flexibility index (Phi) is 5.24. The van der Waals surface area contributed by atoms with Crippen LogP contribution in [0.3, 0.4) is 0 Å². The molecule has 3 aliphatic rings.